The summed E-state index contributed by atoms with van der Waals surface area (Å²) in [7, 11) is 0. The number of hydrogen-bond donors (Lipinski definition) is 0. The second kappa shape index (κ2) is 40.4. The number of carbonyl (C=O) groups is 4. The van der Waals surface area contributed by atoms with Gasteiger partial charge in [-0.1, -0.05) is 79.1 Å². The summed E-state index contributed by atoms with van der Waals surface area (Å²) >= 11 is 0. The van der Waals surface area contributed by atoms with Gasteiger partial charge in [0.2, 0.25) is 0 Å². The van der Waals surface area contributed by atoms with E-state index in [0.29, 0.717) is 52.1 Å². The fraction of sp³-hybridized carbons (Fsp3) is 0.875. The van der Waals surface area contributed by atoms with Gasteiger partial charge in [0.15, 0.2) is 0 Å². The molecule has 0 saturated heterocycles. The zero-order chi connectivity index (χ0) is 34.8. The molecule has 0 aromatic carbocycles. The van der Waals surface area contributed by atoms with Crippen LogP contribution in [0.5, 0.6) is 0 Å². The Morgan fingerprint density at radius 1 is 0.400 bits per heavy atom. The monoisotopic (exact) mass is 829 g/mol. The summed E-state index contributed by atoms with van der Waals surface area (Å²) in [6.45, 7) is 16.9. The van der Waals surface area contributed by atoms with E-state index in [1.165, 1.54) is 0 Å². The van der Waals surface area contributed by atoms with Crippen molar-refractivity contribution in [3.05, 3.63) is 0 Å². The van der Waals surface area contributed by atoms with Crippen molar-refractivity contribution < 1.29 is 78.7 Å². The van der Waals surface area contributed by atoms with Crippen LogP contribution in [-0.2, 0) is 58.2 Å². The number of carbonyl (C=O) groups excluding carboxylic acids is 4. The van der Waals surface area contributed by atoms with E-state index < -0.39 is 48.3 Å². The third-order valence-electron chi connectivity index (χ3n) is 5.80. The van der Waals surface area contributed by atoms with Crippen LogP contribution in [0.15, 0.2) is 0 Å². The van der Waals surface area contributed by atoms with Gasteiger partial charge in [-0.15, -0.1) is 0 Å². The number of carboxylic acids is 4. The molecule has 1 radical (unpaired) electrons. The zero-order valence-corrected chi connectivity index (χ0v) is 31.3. The van der Waals surface area contributed by atoms with E-state index >= 15 is 0 Å². The van der Waals surface area contributed by atoms with Gasteiger partial charge in [-0.05, 0) is 53.4 Å². The van der Waals surface area contributed by atoms with Crippen LogP contribution in [0.3, 0.4) is 0 Å². The molecule has 0 aromatic heterocycles. The predicted octanol–water partition coefficient (Wildman–Crippen LogP) is 1.32. The number of hydrogen-bond acceptors (Lipinski definition) is 12. The van der Waals surface area contributed by atoms with E-state index in [9.17, 15) is 39.6 Å². The number of carboxylic acid groups (broad SMARTS) is 4. The summed E-state index contributed by atoms with van der Waals surface area (Å²) in [6, 6.07) is 0. The number of aliphatic carboxylic acids is 4. The molecule has 0 aromatic rings. The quantitative estimate of drug-likeness (QED) is 0.136. The summed E-state index contributed by atoms with van der Waals surface area (Å²) in [5.74, 6) is -4.39. The molecule has 0 saturated carbocycles. The van der Waals surface area contributed by atoms with E-state index in [0.717, 1.165) is 51.4 Å². The smallest absolute Gasteiger partial charge is 0.0968 e. The summed E-state index contributed by atoms with van der Waals surface area (Å²) < 4.78 is 19.8. The first-order chi connectivity index (χ1) is 20.9. The van der Waals surface area contributed by atoms with Gasteiger partial charge in [0, 0.05) is 46.5 Å². The van der Waals surface area contributed by atoms with Gasteiger partial charge >= 0.3 is 0 Å². The van der Waals surface area contributed by atoms with Crippen molar-refractivity contribution in [3.63, 3.8) is 0 Å². The van der Waals surface area contributed by atoms with Crippen LogP contribution in [0.25, 0.3) is 0 Å². The van der Waals surface area contributed by atoms with Gasteiger partial charge in [-0.2, -0.15) is 0 Å². The van der Waals surface area contributed by atoms with Gasteiger partial charge in [0.05, 0.1) is 48.3 Å². The zero-order valence-electron chi connectivity index (χ0n) is 28.9. The van der Waals surface area contributed by atoms with Gasteiger partial charge in [-0.25, -0.2) is 0 Å². The minimum Gasteiger partial charge on any atom is -0.547 e. The SMILES string of the molecule is CCCCC(OCC)C(=O)[O-].CCCCC(OCC)C(=O)[O-].CCCCC(OCC)C(=O)[O-].CCCCC(OCC)C(=O)[O-].[Ir]. The second-order valence-corrected chi connectivity index (χ2v) is 9.62. The minimum atomic E-state index is -1.10. The molecule has 12 nitrogen and oxygen atoms in total. The number of rotatable bonds is 24. The molecule has 0 N–H and O–H groups in total. The maximum absolute atomic E-state index is 10.4. The molecule has 0 aliphatic carbocycles. The first-order valence-corrected chi connectivity index (χ1v) is 16.2. The summed E-state index contributed by atoms with van der Waals surface area (Å²) in [4.78, 5) is 41.4. The third kappa shape index (κ3) is 38.5. The topological polar surface area (TPSA) is 197 Å². The third-order valence-corrected chi connectivity index (χ3v) is 5.80. The molecule has 0 spiro atoms. The molecule has 4 unspecified atom stereocenters. The Kier molecular flexibility index (Phi) is 47.5. The maximum Gasteiger partial charge on any atom is 0.0968 e. The summed E-state index contributed by atoms with van der Waals surface area (Å²) in [5, 5.41) is 41.4. The standard InChI is InChI=1S/4C8H16O3.Ir/c4*1-3-5-6-7(8(9)10)11-4-2;/h4*7H,3-6H2,1-2H3,(H,9,10);/p-4. The normalized spacial score (nSPS) is 12.6. The van der Waals surface area contributed by atoms with Crippen molar-refractivity contribution in [2.45, 2.75) is 157 Å². The molecule has 0 aliphatic heterocycles. The van der Waals surface area contributed by atoms with Crippen molar-refractivity contribution >= 4 is 23.9 Å². The van der Waals surface area contributed by atoms with Gasteiger partial charge < -0.3 is 58.6 Å². The summed E-state index contributed by atoms with van der Waals surface area (Å²) in [5.41, 5.74) is 0. The molecular weight excluding hydrogens is 769 g/mol. The Morgan fingerprint density at radius 2 is 0.556 bits per heavy atom. The van der Waals surface area contributed by atoms with E-state index in [4.69, 9.17) is 18.9 Å². The van der Waals surface area contributed by atoms with Gasteiger partial charge in [-0.3, -0.25) is 0 Å². The Hall–Kier alpha value is -1.63. The Morgan fingerprint density at radius 3 is 0.644 bits per heavy atom. The molecule has 0 bridgehead atoms. The number of unbranched alkanes of at least 4 members (excludes halogenated alkanes) is 4. The number of ether oxygens (including phenoxy) is 4. The van der Waals surface area contributed by atoms with E-state index in [1.54, 1.807) is 27.7 Å². The van der Waals surface area contributed by atoms with Crippen molar-refractivity contribution in [2.75, 3.05) is 26.4 Å². The van der Waals surface area contributed by atoms with Crippen LogP contribution in [-0.4, -0.2) is 74.7 Å². The molecule has 0 amide bonds. The van der Waals surface area contributed by atoms with Crippen LogP contribution in [0.2, 0.25) is 0 Å². The Bertz CT molecular complexity index is 567. The molecule has 273 valence electrons. The van der Waals surface area contributed by atoms with Crippen LogP contribution in [0.1, 0.15) is 132 Å². The van der Waals surface area contributed by atoms with Gasteiger partial charge in [0.1, 0.15) is 0 Å². The molecule has 0 aliphatic rings. The van der Waals surface area contributed by atoms with Gasteiger partial charge in [0.25, 0.3) is 0 Å². The molecule has 0 heterocycles. The molecule has 13 heteroatoms. The Labute approximate surface area is 285 Å². The van der Waals surface area contributed by atoms with Crippen molar-refractivity contribution in [2.24, 2.45) is 0 Å². The van der Waals surface area contributed by atoms with Crippen molar-refractivity contribution in [1.82, 2.24) is 0 Å². The molecule has 45 heavy (non-hydrogen) atoms. The van der Waals surface area contributed by atoms with Crippen LogP contribution < -0.4 is 20.4 Å². The summed E-state index contributed by atoms with van der Waals surface area (Å²) in [6.07, 6.45) is 6.84. The molecule has 0 fully saturated rings. The Balaban J connectivity index is -0.000000157. The largest absolute Gasteiger partial charge is 0.547 e. The van der Waals surface area contributed by atoms with E-state index in [-0.39, 0.29) is 20.1 Å². The van der Waals surface area contributed by atoms with E-state index in [1.807, 2.05) is 27.7 Å². The maximum atomic E-state index is 10.4. The average molecular weight is 829 g/mol. The minimum absolute atomic E-state index is 0. The van der Waals surface area contributed by atoms with Crippen molar-refractivity contribution in [3.8, 4) is 0 Å². The molecule has 0 rings (SSSR count). The molecular formula is C32H60IrO12-4. The van der Waals surface area contributed by atoms with Crippen LogP contribution >= 0.6 is 0 Å². The van der Waals surface area contributed by atoms with Crippen LogP contribution in [0.4, 0.5) is 0 Å². The van der Waals surface area contributed by atoms with E-state index in [2.05, 4.69) is 0 Å². The fourth-order valence-electron chi connectivity index (χ4n) is 3.44. The van der Waals surface area contributed by atoms with Crippen LogP contribution in [0, 0.1) is 0 Å². The fourth-order valence-corrected chi connectivity index (χ4v) is 3.44. The van der Waals surface area contributed by atoms with Crippen molar-refractivity contribution in [1.29, 1.82) is 0 Å². The average Bonchev–Trinajstić information content (AvgIpc) is 2.98. The first kappa shape index (κ1) is 52.9. The molecule has 4 atom stereocenters. The predicted molar refractivity (Wildman–Crippen MR) is 160 cm³/mol. The second-order valence-electron chi connectivity index (χ2n) is 9.62. The first-order valence-electron chi connectivity index (χ1n) is 16.2.